The molecule has 2 aromatic rings. The summed E-state index contributed by atoms with van der Waals surface area (Å²) in [5.74, 6) is 1.73. The number of rotatable bonds is 3. The van der Waals surface area contributed by atoms with Gasteiger partial charge in [-0.25, -0.2) is 4.98 Å². The van der Waals surface area contributed by atoms with Gasteiger partial charge in [-0.05, 0) is 44.7 Å². The first kappa shape index (κ1) is 14.2. The molecule has 0 aromatic carbocycles. The molecular weight excluding hydrogens is 294 g/mol. The van der Waals surface area contributed by atoms with Gasteiger partial charge in [-0.2, -0.15) is 5.10 Å². The summed E-state index contributed by atoms with van der Waals surface area (Å²) in [7, 11) is 0. The second-order valence-corrected chi connectivity index (χ2v) is 6.28. The van der Waals surface area contributed by atoms with Crippen molar-refractivity contribution in [2.45, 2.75) is 44.6 Å². The Morgan fingerprint density at radius 2 is 2.13 bits per heavy atom. The predicted molar refractivity (Wildman–Crippen MR) is 82.7 cm³/mol. The van der Waals surface area contributed by atoms with E-state index >= 15 is 0 Å². The lowest BCUT2D eigenvalue weighted by atomic mass is 10.1. The van der Waals surface area contributed by atoms with Crippen LogP contribution >= 0.6 is 0 Å². The van der Waals surface area contributed by atoms with Crippen molar-refractivity contribution in [3.8, 4) is 0 Å². The first-order valence-corrected chi connectivity index (χ1v) is 8.01. The summed E-state index contributed by atoms with van der Waals surface area (Å²) in [6.45, 7) is 2.52. The summed E-state index contributed by atoms with van der Waals surface area (Å²) in [5.41, 5.74) is 7.03. The number of amides is 1. The summed E-state index contributed by atoms with van der Waals surface area (Å²) < 4.78 is 5.76. The Bertz CT molecular complexity index is 735. The van der Waals surface area contributed by atoms with E-state index in [1.54, 1.807) is 6.07 Å². The van der Waals surface area contributed by atoms with Gasteiger partial charge in [0.25, 0.3) is 5.91 Å². The van der Waals surface area contributed by atoms with Gasteiger partial charge < -0.3 is 15.1 Å². The minimum atomic E-state index is -0.108. The highest BCUT2D eigenvalue weighted by atomic mass is 16.4. The fourth-order valence-corrected chi connectivity index (χ4v) is 3.10. The molecule has 1 amide bonds. The van der Waals surface area contributed by atoms with Gasteiger partial charge in [0.2, 0.25) is 5.76 Å². The van der Waals surface area contributed by atoms with E-state index in [2.05, 4.69) is 15.2 Å². The number of hydrogen-bond donors (Lipinski definition) is 1. The van der Waals surface area contributed by atoms with Crippen LogP contribution in [0.5, 0.6) is 0 Å². The zero-order chi connectivity index (χ0) is 16.0. The molecule has 2 aliphatic rings. The van der Waals surface area contributed by atoms with Gasteiger partial charge in [-0.1, -0.05) is 0 Å². The average molecular weight is 313 g/mol. The summed E-state index contributed by atoms with van der Waals surface area (Å²) in [4.78, 5) is 19.1. The van der Waals surface area contributed by atoms with E-state index in [1.165, 1.54) is 0 Å². The molecule has 0 spiro atoms. The van der Waals surface area contributed by atoms with Crippen LogP contribution in [-0.4, -0.2) is 32.5 Å². The van der Waals surface area contributed by atoms with Crippen LogP contribution in [-0.2, 0) is 0 Å². The molecule has 0 bridgehead atoms. The Morgan fingerprint density at radius 3 is 2.83 bits per heavy atom. The van der Waals surface area contributed by atoms with Crippen LogP contribution in [0.3, 0.4) is 0 Å². The van der Waals surface area contributed by atoms with Gasteiger partial charge in [-0.15, -0.1) is 5.10 Å². The van der Waals surface area contributed by atoms with Crippen LogP contribution in [0, 0.1) is 6.92 Å². The van der Waals surface area contributed by atoms with E-state index in [4.69, 9.17) is 10.2 Å². The average Bonchev–Trinajstić information content (AvgIpc) is 3.15. The van der Waals surface area contributed by atoms with Crippen molar-refractivity contribution in [1.29, 1.82) is 0 Å². The monoisotopic (exact) mass is 313 g/mol. The topological polar surface area (TPSA) is 98.1 Å². The van der Waals surface area contributed by atoms with Gasteiger partial charge >= 0.3 is 0 Å². The number of aryl methyl sites for hydroxylation is 1. The van der Waals surface area contributed by atoms with Crippen molar-refractivity contribution < 1.29 is 9.21 Å². The second-order valence-electron chi connectivity index (χ2n) is 6.28. The quantitative estimate of drug-likeness (QED) is 0.933. The summed E-state index contributed by atoms with van der Waals surface area (Å²) in [6, 6.07) is 3.47. The number of anilines is 1. The molecule has 23 heavy (non-hydrogen) atoms. The number of aromatic nitrogens is 3. The zero-order valence-corrected chi connectivity index (χ0v) is 13.0. The molecule has 7 heteroatoms. The Balaban J connectivity index is 1.60. The number of likely N-dealkylation sites (tertiary alicyclic amines) is 1. The van der Waals surface area contributed by atoms with E-state index in [0.717, 1.165) is 31.4 Å². The number of nitrogen functional groups attached to an aromatic ring is 1. The molecule has 1 atom stereocenters. The van der Waals surface area contributed by atoms with E-state index in [9.17, 15) is 4.79 Å². The third-order valence-corrected chi connectivity index (χ3v) is 4.49. The summed E-state index contributed by atoms with van der Waals surface area (Å²) in [5, 5.41) is 8.03. The van der Waals surface area contributed by atoms with Crippen molar-refractivity contribution >= 4 is 11.7 Å². The zero-order valence-electron chi connectivity index (χ0n) is 13.0. The molecule has 7 nitrogen and oxygen atoms in total. The molecule has 0 radical (unpaired) electrons. The first-order chi connectivity index (χ1) is 11.1. The molecular formula is C16H19N5O2. The van der Waals surface area contributed by atoms with Crippen LogP contribution in [0.2, 0.25) is 0 Å². The number of nitrogens with two attached hydrogens (primary N) is 1. The van der Waals surface area contributed by atoms with Crippen molar-refractivity contribution in [3.05, 3.63) is 35.2 Å². The molecule has 1 unspecified atom stereocenters. The fourth-order valence-electron chi connectivity index (χ4n) is 3.10. The molecule has 2 fully saturated rings. The fraction of sp³-hybridized carbons (Fsp3) is 0.500. The highest BCUT2D eigenvalue weighted by Crippen LogP contribution is 2.40. The van der Waals surface area contributed by atoms with Gasteiger partial charge in [0.1, 0.15) is 5.82 Å². The van der Waals surface area contributed by atoms with Gasteiger partial charge in [0, 0.05) is 12.5 Å². The molecule has 1 aliphatic heterocycles. The largest absolute Gasteiger partial charge is 0.435 e. The Kier molecular flexibility index (Phi) is 3.28. The Hall–Kier alpha value is -2.44. The maximum Gasteiger partial charge on any atom is 0.292 e. The van der Waals surface area contributed by atoms with E-state index < -0.39 is 0 Å². The third kappa shape index (κ3) is 2.56. The minimum absolute atomic E-state index is 0.0792. The molecule has 1 aliphatic carbocycles. The number of hydrogen-bond acceptors (Lipinski definition) is 6. The van der Waals surface area contributed by atoms with Crippen LogP contribution in [0.25, 0.3) is 0 Å². The lowest BCUT2D eigenvalue weighted by Crippen LogP contribution is -2.31. The van der Waals surface area contributed by atoms with Crippen molar-refractivity contribution in [1.82, 2.24) is 20.1 Å². The SMILES string of the molecule is Cc1nc(C2CC2)oc1C(=O)N1CCCC1c1ccc(N)nn1. The maximum atomic E-state index is 12.9. The molecule has 4 rings (SSSR count). The molecule has 1 saturated heterocycles. The normalized spacial score (nSPS) is 20.9. The van der Waals surface area contributed by atoms with E-state index in [-0.39, 0.29) is 11.9 Å². The Morgan fingerprint density at radius 1 is 1.30 bits per heavy atom. The van der Waals surface area contributed by atoms with Crippen molar-refractivity contribution in [3.63, 3.8) is 0 Å². The second kappa shape index (κ2) is 5.33. The van der Waals surface area contributed by atoms with Crippen LogP contribution < -0.4 is 5.73 Å². The molecule has 1 saturated carbocycles. The first-order valence-electron chi connectivity index (χ1n) is 8.01. The van der Waals surface area contributed by atoms with Gasteiger partial charge in [-0.3, -0.25) is 4.79 Å². The Labute approximate surface area is 133 Å². The molecule has 2 N–H and O–H groups in total. The lowest BCUT2D eigenvalue weighted by Gasteiger charge is -2.23. The number of oxazole rings is 1. The lowest BCUT2D eigenvalue weighted by molar-refractivity contribution is 0.0697. The number of nitrogens with zero attached hydrogens (tertiary/aromatic N) is 4. The number of carbonyl (C=O) groups is 1. The predicted octanol–water partition coefficient (Wildman–Crippen LogP) is 2.21. The van der Waals surface area contributed by atoms with Crippen LogP contribution in [0.4, 0.5) is 5.82 Å². The third-order valence-electron chi connectivity index (χ3n) is 4.49. The van der Waals surface area contributed by atoms with Crippen LogP contribution in [0.1, 0.15) is 65.5 Å². The highest BCUT2D eigenvalue weighted by molar-refractivity contribution is 5.93. The summed E-state index contributed by atoms with van der Waals surface area (Å²) >= 11 is 0. The van der Waals surface area contributed by atoms with Crippen molar-refractivity contribution in [2.24, 2.45) is 0 Å². The van der Waals surface area contributed by atoms with Crippen molar-refractivity contribution in [2.75, 3.05) is 12.3 Å². The molecule has 120 valence electrons. The highest BCUT2D eigenvalue weighted by Gasteiger charge is 2.36. The minimum Gasteiger partial charge on any atom is -0.435 e. The van der Waals surface area contributed by atoms with Gasteiger partial charge in [0.15, 0.2) is 5.89 Å². The molecule has 3 heterocycles. The summed E-state index contributed by atoms with van der Waals surface area (Å²) in [6.07, 6.45) is 4.00. The smallest absolute Gasteiger partial charge is 0.292 e. The molecule has 2 aromatic heterocycles. The number of carbonyl (C=O) groups excluding carboxylic acids is 1. The van der Waals surface area contributed by atoms with Crippen LogP contribution in [0.15, 0.2) is 16.5 Å². The standard InChI is InChI=1S/C16H19N5O2/c1-9-14(23-15(18-9)10-4-5-10)16(22)21-8-2-3-12(21)11-6-7-13(17)20-19-11/h6-7,10,12H,2-5,8H2,1H3,(H2,17,20). The van der Waals surface area contributed by atoms with E-state index in [0.29, 0.717) is 35.6 Å². The van der Waals surface area contributed by atoms with Gasteiger partial charge in [0.05, 0.1) is 17.4 Å². The van der Waals surface area contributed by atoms with E-state index in [1.807, 2.05) is 17.9 Å². The maximum absolute atomic E-state index is 12.9.